The van der Waals surface area contributed by atoms with Gasteiger partial charge in [-0.25, -0.2) is 4.39 Å². The van der Waals surface area contributed by atoms with E-state index in [0.29, 0.717) is 0 Å². The lowest BCUT2D eigenvalue weighted by Crippen LogP contribution is -1.97. The van der Waals surface area contributed by atoms with Crippen molar-refractivity contribution in [2.75, 3.05) is 0 Å². The Bertz CT molecular complexity index is 585. The van der Waals surface area contributed by atoms with Gasteiger partial charge in [0.15, 0.2) is 0 Å². The number of carbonyl (C=O) groups is 1. The molecule has 0 radical (unpaired) electrons. The second kappa shape index (κ2) is 5.14. The third kappa shape index (κ3) is 2.84. The lowest BCUT2D eigenvalue weighted by Gasteiger charge is -1.97. The molecule has 18 heavy (non-hydrogen) atoms. The van der Waals surface area contributed by atoms with Gasteiger partial charge in [0.1, 0.15) is 5.82 Å². The van der Waals surface area contributed by atoms with Crippen molar-refractivity contribution in [3.63, 3.8) is 0 Å². The molecular weight excluding hydrogens is 263 g/mol. The molecule has 0 aliphatic carbocycles. The van der Waals surface area contributed by atoms with Crippen molar-refractivity contribution < 1.29 is 18.7 Å². The van der Waals surface area contributed by atoms with Gasteiger partial charge in [-0.05, 0) is 18.2 Å². The Balaban J connectivity index is 2.21. The van der Waals surface area contributed by atoms with Crippen molar-refractivity contribution in [3.05, 3.63) is 34.9 Å². The summed E-state index contributed by atoms with van der Waals surface area (Å²) in [6, 6.07) is 4.06. The number of aliphatic carboxylic acids is 1. The topological polar surface area (TPSA) is 76.2 Å². The van der Waals surface area contributed by atoms with E-state index in [1.807, 2.05) is 0 Å². The third-order valence-electron chi connectivity index (χ3n) is 2.18. The van der Waals surface area contributed by atoms with Crippen molar-refractivity contribution in [1.82, 2.24) is 10.2 Å². The maximum atomic E-state index is 13.6. The van der Waals surface area contributed by atoms with Crippen LogP contribution in [0.5, 0.6) is 0 Å². The van der Waals surface area contributed by atoms with Gasteiger partial charge in [-0.3, -0.25) is 4.79 Å². The van der Waals surface area contributed by atoms with Crippen molar-refractivity contribution >= 4 is 17.6 Å². The summed E-state index contributed by atoms with van der Waals surface area (Å²) in [4.78, 5) is 10.4. The number of carboxylic acids is 1. The number of aryl methyl sites for hydroxylation is 1. The molecule has 1 N–H and O–H groups in total. The van der Waals surface area contributed by atoms with Crippen LogP contribution in [0.4, 0.5) is 4.39 Å². The van der Waals surface area contributed by atoms with Gasteiger partial charge in [-0.15, -0.1) is 10.2 Å². The van der Waals surface area contributed by atoms with Crippen LogP contribution >= 0.6 is 11.6 Å². The molecule has 0 amide bonds. The fourth-order valence-electron chi connectivity index (χ4n) is 1.34. The number of benzene rings is 1. The van der Waals surface area contributed by atoms with Crippen LogP contribution in [0, 0.1) is 5.82 Å². The summed E-state index contributed by atoms with van der Waals surface area (Å²) in [6.45, 7) is 0. The maximum absolute atomic E-state index is 13.6. The molecule has 0 fully saturated rings. The van der Waals surface area contributed by atoms with Gasteiger partial charge in [-0.2, -0.15) is 0 Å². The van der Waals surface area contributed by atoms with Crippen molar-refractivity contribution in [3.8, 4) is 11.5 Å². The second-order valence-corrected chi connectivity index (χ2v) is 3.96. The van der Waals surface area contributed by atoms with Gasteiger partial charge in [0.05, 0.1) is 12.0 Å². The monoisotopic (exact) mass is 270 g/mol. The Hall–Kier alpha value is -1.95. The van der Waals surface area contributed by atoms with Crippen molar-refractivity contribution in [2.45, 2.75) is 12.8 Å². The number of hydrogen-bond acceptors (Lipinski definition) is 4. The first kappa shape index (κ1) is 12.5. The summed E-state index contributed by atoms with van der Waals surface area (Å²) in [5.41, 5.74) is 0.133. The predicted octanol–water partition coefficient (Wildman–Crippen LogP) is 2.55. The average Bonchev–Trinajstić information content (AvgIpc) is 2.75. The molecule has 0 saturated heterocycles. The number of aromatic nitrogens is 2. The molecule has 0 saturated carbocycles. The van der Waals surface area contributed by atoms with Crippen LogP contribution in [0.2, 0.25) is 5.02 Å². The quantitative estimate of drug-likeness (QED) is 0.924. The fraction of sp³-hybridized carbons (Fsp3) is 0.182. The highest BCUT2D eigenvalue weighted by Crippen LogP contribution is 2.24. The van der Waals surface area contributed by atoms with E-state index in [2.05, 4.69) is 10.2 Å². The molecule has 94 valence electrons. The molecule has 1 heterocycles. The Morgan fingerprint density at radius 3 is 2.89 bits per heavy atom. The minimum Gasteiger partial charge on any atom is -0.481 e. The highest BCUT2D eigenvalue weighted by molar-refractivity contribution is 6.30. The fourth-order valence-corrected chi connectivity index (χ4v) is 1.50. The molecule has 0 atom stereocenters. The van der Waals surface area contributed by atoms with Gasteiger partial charge < -0.3 is 9.52 Å². The lowest BCUT2D eigenvalue weighted by atomic mass is 10.2. The Morgan fingerprint density at radius 2 is 2.22 bits per heavy atom. The highest BCUT2D eigenvalue weighted by atomic mass is 35.5. The second-order valence-electron chi connectivity index (χ2n) is 3.52. The molecule has 2 rings (SSSR count). The zero-order chi connectivity index (χ0) is 13.1. The van der Waals surface area contributed by atoms with Gasteiger partial charge >= 0.3 is 5.97 Å². The largest absolute Gasteiger partial charge is 0.481 e. The molecular formula is C11H8ClFN2O3. The molecule has 7 heteroatoms. The molecule has 0 unspecified atom stereocenters. The summed E-state index contributed by atoms with van der Waals surface area (Å²) >= 11 is 5.62. The van der Waals surface area contributed by atoms with Gasteiger partial charge in [0.25, 0.3) is 5.89 Å². The van der Waals surface area contributed by atoms with E-state index in [4.69, 9.17) is 21.1 Å². The predicted molar refractivity (Wildman–Crippen MR) is 60.7 cm³/mol. The molecule has 2 aromatic rings. The molecule has 5 nitrogen and oxygen atoms in total. The summed E-state index contributed by atoms with van der Waals surface area (Å²) < 4.78 is 18.7. The summed E-state index contributed by atoms with van der Waals surface area (Å²) in [5, 5.41) is 16.1. The SMILES string of the molecule is O=C(O)CCc1nnc(-c2ccc(Cl)cc2F)o1. The summed E-state index contributed by atoms with van der Waals surface area (Å²) in [6.07, 6.45) is -0.0116. The Labute approximate surface area is 106 Å². The van der Waals surface area contributed by atoms with Crippen LogP contribution in [0.3, 0.4) is 0 Å². The Kier molecular flexibility index (Phi) is 3.57. The van der Waals surface area contributed by atoms with Gasteiger partial charge in [0, 0.05) is 11.4 Å². The van der Waals surface area contributed by atoms with E-state index in [-0.39, 0.29) is 35.2 Å². The highest BCUT2D eigenvalue weighted by Gasteiger charge is 2.13. The van der Waals surface area contributed by atoms with Crippen LogP contribution < -0.4 is 0 Å². The number of carboxylic acid groups (broad SMARTS) is 1. The first-order chi connectivity index (χ1) is 8.56. The molecule has 1 aromatic carbocycles. The summed E-state index contributed by atoms with van der Waals surface area (Å²) in [5.74, 6) is -1.38. The third-order valence-corrected chi connectivity index (χ3v) is 2.42. The molecule has 0 spiro atoms. The summed E-state index contributed by atoms with van der Waals surface area (Å²) in [7, 11) is 0. The van der Waals surface area contributed by atoms with E-state index in [9.17, 15) is 9.18 Å². The first-order valence-electron chi connectivity index (χ1n) is 5.06. The minimum absolute atomic E-state index is 0.00422. The van der Waals surface area contributed by atoms with E-state index < -0.39 is 11.8 Å². The number of halogens is 2. The standard InChI is InChI=1S/C11H8ClFN2O3/c12-6-1-2-7(8(13)5-6)11-15-14-9(18-11)3-4-10(16)17/h1-2,5H,3-4H2,(H,16,17). The van der Waals surface area contributed by atoms with E-state index in [1.165, 1.54) is 12.1 Å². The van der Waals surface area contributed by atoms with E-state index in [0.717, 1.165) is 6.07 Å². The van der Waals surface area contributed by atoms with Crippen LogP contribution in [0.15, 0.2) is 22.6 Å². The average molecular weight is 271 g/mol. The molecule has 0 aliphatic rings. The van der Waals surface area contributed by atoms with Gasteiger partial charge in [0.2, 0.25) is 5.89 Å². The Morgan fingerprint density at radius 1 is 1.44 bits per heavy atom. The van der Waals surface area contributed by atoms with E-state index in [1.54, 1.807) is 0 Å². The molecule has 0 bridgehead atoms. The minimum atomic E-state index is -0.965. The van der Waals surface area contributed by atoms with Gasteiger partial charge in [-0.1, -0.05) is 11.6 Å². The zero-order valence-corrected chi connectivity index (χ0v) is 9.82. The lowest BCUT2D eigenvalue weighted by molar-refractivity contribution is -0.137. The first-order valence-corrected chi connectivity index (χ1v) is 5.43. The normalized spacial score (nSPS) is 10.6. The van der Waals surface area contributed by atoms with Crippen LogP contribution in [-0.2, 0) is 11.2 Å². The smallest absolute Gasteiger partial charge is 0.303 e. The zero-order valence-electron chi connectivity index (χ0n) is 9.06. The maximum Gasteiger partial charge on any atom is 0.303 e. The van der Waals surface area contributed by atoms with Crippen LogP contribution in [0.25, 0.3) is 11.5 Å². The number of hydrogen-bond donors (Lipinski definition) is 1. The molecule has 1 aromatic heterocycles. The van der Waals surface area contributed by atoms with Crippen LogP contribution in [0.1, 0.15) is 12.3 Å². The van der Waals surface area contributed by atoms with E-state index >= 15 is 0 Å². The number of nitrogens with zero attached hydrogens (tertiary/aromatic N) is 2. The molecule has 0 aliphatic heterocycles. The van der Waals surface area contributed by atoms with Crippen molar-refractivity contribution in [2.24, 2.45) is 0 Å². The number of rotatable bonds is 4. The van der Waals surface area contributed by atoms with Crippen molar-refractivity contribution in [1.29, 1.82) is 0 Å². The van der Waals surface area contributed by atoms with Crippen LogP contribution in [-0.4, -0.2) is 21.3 Å².